The van der Waals surface area contributed by atoms with Crippen molar-refractivity contribution < 1.29 is 20.1 Å². The third kappa shape index (κ3) is 5.72. The van der Waals surface area contributed by atoms with Gasteiger partial charge in [0, 0.05) is 23.5 Å². The van der Waals surface area contributed by atoms with E-state index in [9.17, 15) is 25.0 Å². The predicted molar refractivity (Wildman–Crippen MR) is 98.6 cm³/mol. The molecule has 0 bridgehead atoms. The van der Waals surface area contributed by atoms with Crippen molar-refractivity contribution >= 4 is 40.6 Å². The van der Waals surface area contributed by atoms with Crippen LogP contribution in [0, 0.1) is 34.1 Å². The molecule has 12 nitrogen and oxygen atoms in total. The van der Waals surface area contributed by atoms with Crippen LogP contribution in [0.25, 0.3) is 0 Å². The van der Waals surface area contributed by atoms with Crippen LogP contribution in [0.3, 0.4) is 0 Å². The first-order valence-electron chi connectivity index (χ1n) is 7.04. The van der Waals surface area contributed by atoms with E-state index in [2.05, 4.69) is 20.6 Å². The van der Waals surface area contributed by atoms with Crippen molar-refractivity contribution in [2.24, 2.45) is 0 Å². The minimum Gasteiger partial charge on any atom is -0.412 e. The lowest BCUT2D eigenvalue weighted by Gasteiger charge is -2.09. The first-order chi connectivity index (χ1) is 12.2. The van der Waals surface area contributed by atoms with Gasteiger partial charge in [0.2, 0.25) is 5.95 Å². The average Bonchev–Trinajstić information content (AvgIpc) is 2.52. The molecule has 2 aromatic rings. The van der Waals surface area contributed by atoms with E-state index in [-0.39, 0.29) is 22.1 Å². The van der Waals surface area contributed by atoms with E-state index >= 15 is 0 Å². The summed E-state index contributed by atoms with van der Waals surface area (Å²) in [7, 11) is 0. The van der Waals surface area contributed by atoms with Crippen LogP contribution < -0.4 is 10.6 Å². The van der Waals surface area contributed by atoms with Crippen molar-refractivity contribution in [3.8, 4) is 0 Å². The topological polar surface area (TPSA) is 185 Å². The second-order valence-corrected chi connectivity index (χ2v) is 5.54. The summed E-state index contributed by atoms with van der Waals surface area (Å²) >= 11 is 4.98. The van der Waals surface area contributed by atoms with Gasteiger partial charge in [-0.1, -0.05) is 0 Å². The number of nitrogens with zero attached hydrogens (tertiary/aromatic N) is 4. The van der Waals surface area contributed by atoms with Crippen molar-refractivity contribution in [3.05, 3.63) is 61.4 Å². The van der Waals surface area contributed by atoms with Gasteiger partial charge < -0.3 is 10.8 Å². The highest BCUT2D eigenvalue weighted by atomic mass is 32.1. The fourth-order valence-corrected chi connectivity index (χ4v) is 2.21. The number of carbonyl (C=O) groups excluding carboxylic acids is 1. The lowest BCUT2D eigenvalue weighted by molar-refractivity contribution is -0.394. The standard InChI is InChI=1S/C14H12N6O5S.H2O/c1-7-3-8(2)16-13(15-7)18-14(26)17-12(21)9-4-10(19(22)23)6-11(5-9)20(24)25;/h3-6H,1-2H3,(H2,15,16,17,18,21,26);1H2. The van der Waals surface area contributed by atoms with Gasteiger partial charge in [0.1, 0.15) is 0 Å². The van der Waals surface area contributed by atoms with Gasteiger partial charge in [-0.2, -0.15) is 0 Å². The largest absolute Gasteiger partial charge is 0.412 e. The van der Waals surface area contributed by atoms with Crippen molar-refractivity contribution in [1.82, 2.24) is 15.3 Å². The molecule has 0 aliphatic rings. The molecule has 1 amide bonds. The van der Waals surface area contributed by atoms with Crippen molar-refractivity contribution in [2.75, 3.05) is 5.32 Å². The number of hydrogen-bond acceptors (Lipinski definition) is 8. The number of amides is 1. The van der Waals surface area contributed by atoms with Gasteiger partial charge in [-0.15, -0.1) is 0 Å². The number of nitro benzene ring substituents is 2. The fraction of sp³-hybridized carbons (Fsp3) is 0.143. The molecular formula is C14H14N6O6S. The minimum absolute atomic E-state index is 0. The summed E-state index contributed by atoms with van der Waals surface area (Å²) in [6, 6.07) is 4.34. The van der Waals surface area contributed by atoms with Gasteiger partial charge in [0.05, 0.1) is 21.5 Å². The third-order valence-corrected chi connectivity index (χ3v) is 3.23. The van der Waals surface area contributed by atoms with Gasteiger partial charge in [0.15, 0.2) is 5.11 Å². The Bertz CT molecular complexity index is 882. The summed E-state index contributed by atoms with van der Waals surface area (Å²) in [6.45, 7) is 3.51. The molecule has 1 heterocycles. The monoisotopic (exact) mass is 394 g/mol. The zero-order valence-corrected chi connectivity index (χ0v) is 14.9. The number of aromatic nitrogens is 2. The first kappa shape index (κ1) is 21.5. The number of non-ortho nitro benzene ring substituents is 2. The van der Waals surface area contributed by atoms with E-state index in [4.69, 9.17) is 12.2 Å². The van der Waals surface area contributed by atoms with E-state index < -0.39 is 27.1 Å². The molecule has 0 fully saturated rings. The Morgan fingerprint density at radius 1 is 1.00 bits per heavy atom. The summed E-state index contributed by atoms with van der Waals surface area (Å²) < 4.78 is 0. The number of hydrogen-bond donors (Lipinski definition) is 2. The van der Waals surface area contributed by atoms with Gasteiger partial charge in [-0.05, 0) is 32.1 Å². The molecule has 13 heteroatoms. The molecule has 0 saturated heterocycles. The van der Waals surface area contributed by atoms with E-state index in [0.717, 1.165) is 18.2 Å². The number of rotatable bonds is 4. The normalized spacial score (nSPS) is 9.70. The number of aryl methyl sites for hydroxylation is 2. The summed E-state index contributed by atoms with van der Waals surface area (Å²) in [5.74, 6) is -0.684. The second-order valence-electron chi connectivity index (χ2n) is 5.13. The summed E-state index contributed by atoms with van der Waals surface area (Å²) in [5, 5.41) is 26.5. The Morgan fingerprint density at radius 2 is 1.48 bits per heavy atom. The van der Waals surface area contributed by atoms with Crippen LogP contribution in [0.1, 0.15) is 21.7 Å². The van der Waals surface area contributed by atoms with E-state index in [1.54, 1.807) is 19.9 Å². The third-order valence-electron chi connectivity index (χ3n) is 3.02. The highest BCUT2D eigenvalue weighted by Gasteiger charge is 2.20. The molecule has 1 aromatic carbocycles. The van der Waals surface area contributed by atoms with Crippen molar-refractivity contribution in [1.29, 1.82) is 0 Å². The van der Waals surface area contributed by atoms with Crippen LogP contribution in [0.2, 0.25) is 0 Å². The van der Waals surface area contributed by atoms with Gasteiger partial charge in [-0.25, -0.2) is 9.97 Å². The van der Waals surface area contributed by atoms with E-state index in [1.165, 1.54) is 0 Å². The van der Waals surface area contributed by atoms with Crippen molar-refractivity contribution in [3.63, 3.8) is 0 Å². The molecule has 0 spiro atoms. The Kier molecular flexibility index (Phi) is 6.90. The maximum absolute atomic E-state index is 12.2. The number of nitrogens with one attached hydrogen (secondary N) is 2. The Hall–Kier alpha value is -3.58. The van der Waals surface area contributed by atoms with Gasteiger partial charge in [0.25, 0.3) is 17.3 Å². The summed E-state index contributed by atoms with van der Waals surface area (Å²) in [6.07, 6.45) is 0. The molecule has 2 rings (SSSR count). The molecule has 0 atom stereocenters. The Labute approximate surface area is 157 Å². The minimum atomic E-state index is -0.848. The molecule has 1 aromatic heterocycles. The lowest BCUT2D eigenvalue weighted by Crippen LogP contribution is -2.34. The molecular weight excluding hydrogens is 380 g/mol. The smallest absolute Gasteiger partial charge is 0.277 e. The zero-order valence-electron chi connectivity index (χ0n) is 14.0. The molecule has 4 N–H and O–H groups in total. The van der Waals surface area contributed by atoms with Gasteiger partial charge >= 0.3 is 0 Å². The molecule has 0 saturated carbocycles. The quantitative estimate of drug-likeness (QED) is 0.437. The summed E-state index contributed by atoms with van der Waals surface area (Å²) in [4.78, 5) is 40.5. The summed E-state index contributed by atoms with van der Waals surface area (Å²) in [5.41, 5.74) is -0.0787. The predicted octanol–water partition coefficient (Wildman–Crippen LogP) is 1.21. The molecule has 142 valence electrons. The molecule has 27 heavy (non-hydrogen) atoms. The fourth-order valence-electron chi connectivity index (χ4n) is 2.03. The average molecular weight is 394 g/mol. The molecule has 0 aliphatic carbocycles. The number of nitro groups is 2. The van der Waals surface area contributed by atoms with Crippen LogP contribution in [-0.2, 0) is 0 Å². The van der Waals surface area contributed by atoms with E-state index in [1.807, 2.05) is 0 Å². The lowest BCUT2D eigenvalue weighted by atomic mass is 10.1. The SMILES string of the molecule is Cc1cc(C)nc(NC(=S)NC(=O)c2cc([N+](=O)[O-])cc([N+](=O)[O-])c2)n1.O. The van der Waals surface area contributed by atoms with Crippen LogP contribution in [-0.4, -0.2) is 36.3 Å². The zero-order chi connectivity index (χ0) is 19.4. The maximum Gasteiger partial charge on any atom is 0.277 e. The maximum atomic E-state index is 12.2. The van der Waals surface area contributed by atoms with E-state index in [0.29, 0.717) is 11.4 Å². The highest BCUT2D eigenvalue weighted by molar-refractivity contribution is 7.80. The number of anilines is 1. The highest BCUT2D eigenvalue weighted by Crippen LogP contribution is 2.22. The first-order valence-corrected chi connectivity index (χ1v) is 7.45. The Balaban J connectivity index is 0.00000364. The van der Waals surface area contributed by atoms with Crippen LogP contribution in [0.15, 0.2) is 24.3 Å². The van der Waals surface area contributed by atoms with Gasteiger partial charge in [-0.3, -0.25) is 30.3 Å². The van der Waals surface area contributed by atoms with Crippen molar-refractivity contribution in [2.45, 2.75) is 13.8 Å². The number of carbonyl (C=O) groups is 1. The number of benzene rings is 1. The number of thiocarbonyl (C=S) groups is 1. The van der Waals surface area contributed by atoms with Crippen LogP contribution in [0.5, 0.6) is 0 Å². The molecule has 0 aliphatic heterocycles. The second kappa shape index (κ2) is 8.68. The van der Waals surface area contributed by atoms with Crippen LogP contribution >= 0.6 is 12.2 Å². The molecule has 0 radical (unpaired) electrons. The Morgan fingerprint density at radius 3 is 1.93 bits per heavy atom. The molecule has 0 unspecified atom stereocenters. The van der Waals surface area contributed by atoms with Crippen LogP contribution in [0.4, 0.5) is 17.3 Å².